The number of hydrazone groups is 1. The molecule has 4 aromatic heterocycles. The van der Waals surface area contributed by atoms with Crippen molar-refractivity contribution in [1.82, 2.24) is 49.3 Å². The molecule has 0 aliphatic heterocycles. The maximum absolute atomic E-state index is 13.0. The highest BCUT2D eigenvalue weighted by Gasteiger charge is 2.27. The number of hydrogen-bond acceptors (Lipinski definition) is 15. The first-order valence-corrected chi connectivity index (χ1v) is 20.1. The summed E-state index contributed by atoms with van der Waals surface area (Å²) in [7, 11) is 6.83. The Morgan fingerprint density at radius 1 is 0.967 bits per heavy atom. The number of ether oxygens (including phenoxy) is 2. The molecule has 1 atom stereocenters. The average Bonchev–Trinajstić information content (AvgIpc) is 4.01. The minimum Gasteiger partial charge on any atom is -0.494 e. The molecule has 0 spiro atoms. The Morgan fingerprint density at radius 2 is 1.62 bits per heavy atom. The second kappa shape index (κ2) is 27.6. The molecule has 0 amide bonds. The van der Waals surface area contributed by atoms with Gasteiger partial charge in [0.25, 0.3) is 0 Å². The maximum atomic E-state index is 13.0. The molecule has 5 aromatic rings. The molecule has 5 rings (SSSR count). The lowest BCUT2D eigenvalue weighted by Gasteiger charge is -2.28. The standard InChI is InChI=1S/C28H34N12O3.C8H18N2.2C2H6.CH5N.CH4/c1-7-43-27(41)22-13-30-28(40(18(4)39-14-19(29)11-32-39)20-12-33-38(15-20)17(2)3)35-26(22)34-23-10-8-9-21(24(23)42-6)25-31-16-37(5)36-25;1-7(2)6-9-10(5)8(3)4;3*1-2;/h8-18H,7,29H2,1-6H3,(H,30,34,35);6-8H,1-5H3;2*1-2H3;2H2,1H3;1H4/b;9-6-;;;;. The molecule has 0 radical (unpaired) electrons. The fourth-order valence-corrected chi connectivity index (χ4v) is 4.84. The number of nitrogen functional groups attached to an aromatic ring is 1. The van der Waals surface area contributed by atoms with Crippen LogP contribution in [0.5, 0.6) is 5.75 Å². The molecule has 4 heterocycles. The van der Waals surface area contributed by atoms with Gasteiger partial charge < -0.3 is 26.3 Å². The van der Waals surface area contributed by atoms with Crippen LogP contribution in [0.4, 0.5) is 28.8 Å². The third-order valence-electron chi connectivity index (χ3n) is 7.87. The Bertz CT molecular complexity index is 1970. The van der Waals surface area contributed by atoms with E-state index >= 15 is 0 Å². The lowest BCUT2D eigenvalue weighted by Crippen LogP contribution is -2.28. The van der Waals surface area contributed by atoms with Crippen LogP contribution in [0.1, 0.15) is 113 Å². The van der Waals surface area contributed by atoms with Crippen molar-refractivity contribution in [3.05, 3.63) is 61.1 Å². The number of carbonyl (C=O) groups excluding carboxylic acids is 1. The number of methoxy groups -OCH3 is 1. The van der Waals surface area contributed by atoms with Crippen molar-refractivity contribution < 1.29 is 14.3 Å². The number of aryl methyl sites for hydroxylation is 1. The van der Waals surface area contributed by atoms with Crippen molar-refractivity contribution >= 4 is 41.0 Å². The molecule has 18 heteroatoms. The van der Waals surface area contributed by atoms with E-state index in [1.54, 1.807) is 55.4 Å². The van der Waals surface area contributed by atoms with Crippen LogP contribution < -0.4 is 26.4 Å². The molecule has 0 bridgehead atoms. The first kappa shape index (κ1) is 54.0. The number of nitrogens with two attached hydrogens (primary N) is 2. The molecular formula is C42H73N15O3. The van der Waals surface area contributed by atoms with Gasteiger partial charge in [0.1, 0.15) is 18.1 Å². The van der Waals surface area contributed by atoms with Crippen LogP contribution in [0.25, 0.3) is 11.4 Å². The zero-order valence-electron chi connectivity index (χ0n) is 38.0. The number of nitrogens with zero attached hydrogens (tertiary/aromatic N) is 12. The molecule has 334 valence electrons. The second-order valence-corrected chi connectivity index (χ2v) is 13.1. The Hall–Kier alpha value is -6.04. The minimum atomic E-state index is -0.579. The number of para-hydroxylation sites is 1. The van der Waals surface area contributed by atoms with Crippen molar-refractivity contribution in [2.45, 2.75) is 109 Å². The topological polar surface area (TPSA) is 211 Å². The minimum absolute atomic E-state index is 0. The summed E-state index contributed by atoms with van der Waals surface area (Å²) in [4.78, 5) is 28.7. The van der Waals surface area contributed by atoms with Gasteiger partial charge in [-0.15, -0.1) is 0 Å². The molecule has 0 saturated carbocycles. The highest BCUT2D eigenvalue weighted by molar-refractivity contribution is 5.96. The Morgan fingerprint density at radius 3 is 2.12 bits per heavy atom. The summed E-state index contributed by atoms with van der Waals surface area (Å²) >= 11 is 0. The molecule has 1 aromatic carbocycles. The van der Waals surface area contributed by atoms with Gasteiger partial charge in [-0.05, 0) is 66.6 Å². The number of anilines is 5. The summed E-state index contributed by atoms with van der Waals surface area (Å²) in [5.74, 6) is 1.41. The Kier molecular flexibility index (Phi) is 24.8. The SMILES string of the molecule is C.CC.CC.CC(C)/C=N\N(C)C(C)C.CCOC(=O)c1cnc(N(c2cnn(C(C)C)c2)C(C)n2cc(N)cn2)nc1Nc1cccc(-c2ncn(C)n2)c1OC.CN. The average molecular weight is 836 g/mol. The third-order valence-corrected chi connectivity index (χ3v) is 7.87. The van der Waals surface area contributed by atoms with Gasteiger partial charge in [-0.3, -0.25) is 19.3 Å². The Balaban J connectivity index is 0.00000177. The summed E-state index contributed by atoms with van der Waals surface area (Å²) in [6, 6.07) is 6.11. The molecule has 5 N–H and O–H groups in total. The van der Waals surface area contributed by atoms with E-state index in [1.807, 2.05) is 101 Å². The van der Waals surface area contributed by atoms with Gasteiger partial charge >= 0.3 is 5.97 Å². The fraction of sp³-hybridized carbons (Fsp3) is 0.524. The molecule has 1 unspecified atom stereocenters. The van der Waals surface area contributed by atoms with Gasteiger partial charge in [0.05, 0.1) is 54.9 Å². The number of nitrogens with one attached hydrogen (secondary N) is 1. The molecular weight excluding hydrogens is 763 g/mol. The van der Waals surface area contributed by atoms with Gasteiger partial charge in [-0.1, -0.05) is 55.0 Å². The first-order valence-electron chi connectivity index (χ1n) is 20.1. The highest BCUT2D eigenvalue weighted by atomic mass is 16.5. The predicted molar refractivity (Wildman–Crippen MR) is 246 cm³/mol. The van der Waals surface area contributed by atoms with Gasteiger partial charge in [-0.25, -0.2) is 19.4 Å². The van der Waals surface area contributed by atoms with Crippen molar-refractivity contribution in [3.8, 4) is 17.1 Å². The Labute approximate surface area is 358 Å². The van der Waals surface area contributed by atoms with Crippen LogP contribution in [0.15, 0.2) is 60.6 Å². The van der Waals surface area contributed by atoms with Crippen molar-refractivity contribution in [2.75, 3.05) is 43.8 Å². The molecule has 60 heavy (non-hydrogen) atoms. The summed E-state index contributed by atoms with van der Waals surface area (Å²) < 4.78 is 16.2. The molecule has 18 nitrogen and oxygen atoms in total. The number of esters is 1. The van der Waals surface area contributed by atoms with E-state index in [4.69, 9.17) is 20.2 Å². The zero-order valence-corrected chi connectivity index (χ0v) is 38.0. The normalized spacial score (nSPS) is 10.8. The van der Waals surface area contributed by atoms with Crippen LogP contribution in [0.2, 0.25) is 0 Å². The second-order valence-electron chi connectivity index (χ2n) is 13.1. The fourth-order valence-electron chi connectivity index (χ4n) is 4.84. The van der Waals surface area contributed by atoms with Crippen LogP contribution in [-0.2, 0) is 11.8 Å². The van der Waals surface area contributed by atoms with Gasteiger partial charge in [0, 0.05) is 44.8 Å². The number of aromatic nitrogens is 9. The van der Waals surface area contributed by atoms with E-state index in [-0.39, 0.29) is 37.4 Å². The summed E-state index contributed by atoms with van der Waals surface area (Å²) in [6.07, 6.45) is 11.5. The van der Waals surface area contributed by atoms with E-state index in [9.17, 15) is 4.79 Å². The summed E-state index contributed by atoms with van der Waals surface area (Å²) in [5, 5.41) is 22.8. The number of rotatable bonds is 14. The van der Waals surface area contributed by atoms with E-state index in [0.29, 0.717) is 46.2 Å². The summed E-state index contributed by atoms with van der Waals surface area (Å²) in [6.45, 7) is 24.4. The first-order chi connectivity index (χ1) is 28.2. The molecule has 0 aliphatic carbocycles. The van der Waals surface area contributed by atoms with E-state index < -0.39 is 12.1 Å². The monoisotopic (exact) mass is 836 g/mol. The number of hydrogen-bond donors (Lipinski definition) is 3. The third kappa shape index (κ3) is 15.3. The van der Waals surface area contributed by atoms with Crippen molar-refractivity contribution in [3.63, 3.8) is 0 Å². The zero-order chi connectivity index (χ0) is 44.8. The lowest BCUT2D eigenvalue weighted by molar-refractivity contribution is 0.0526. The van der Waals surface area contributed by atoms with Crippen molar-refractivity contribution in [1.29, 1.82) is 0 Å². The number of benzene rings is 1. The number of carbonyl (C=O) groups is 1. The van der Waals surface area contributed by atoms with Crippen LogP contribution in [0.3, 0.4) is 0 Å². The van der Waals surface area contributed by atoms with Gasteiger partial charge in [0.15, 0.2) is 17.4 Å². The van der Waals surface area contributed by atoms with E-state index in [0.717, 1.165) is 0 Å². The maximum Gasteiger partial charge on any atom is 0.343 e. The van der Waals surface area contributed by atoms with E-state index in [2.05, 4.69) is 69.1 Å². The van der Waals surface area contributed by atoms with E-state index in [1.165, 1.54) is 13.2 Å². The van der Waals surface area contributed by atoms with Gasteiger partial charge in [0.2, 0.25) is 5.95 Å². The smallest absolute Gasteiger partial charge is 0.343 e. The molecule has 0 aliphatic rings. The van der Waals surface area contributed by atoms with Crippen LogP contribution >= 0.6 is 0 Å². The lowest BCUT2D eigenvalue weighted by atomic mass is 10.1. The van der Waals surface area contributed by atoms with Gasteiger partial charge in [-0.2, -0.15) is 25.4 Å². The molecule has 0 fully saturated rings. The summed E-state index contributed by atoms with van der Waals surface area (Å²) in [5.41, 5.74) is 13.0. The highest BCUT2D eigenvalue weighted by Crippen LogP contribution is 2.38. The van der Waals surface area contributed by atoms with Crippen LogP contribution in [-0.4, -0.2) is 95.3 Å². The largest absolute Gasteiger partial charge is 0.494 e. The predicted octanol–water partition coefficient (Wildman–Crippen LogP) is 8.35. The van der Waals surface area contributed by atoms with Crippen molar-refractivity contribution in [2.24, 2.45) is 23.8 Å². The quantitative estimate of drug-likeness (QED) is 0.0545. The molecule has 0 saturated heterocycles. The van der Waals surface area contributed by atoms with Crippen LogP contribution in [0, 0.1) is 5.92 Å².